The maximum absolute atomic E-state index is 13.3. The van der Waals surface area contributed by atoms with Crippen LogP contribution in [-0.2, 0) is 10.0 Å². The molecule has 21 heavy (non-hydrogen) atoms. The summed E-state index contributed by atoms with van der Waals surface area (Å²) in [6, 6.07) is 6.81. The van der Waals surface area contributed by atoms with Crippen molar-refractivity contribution in [3.63, 3.8) is 0 Å². The van der Waals surface area contributed by atoms with Crippen molar-refractivity contribution < 1.29 is 34.8 Å². The first kappa shape index (κ1) is 17.5. The summed E-state index contributed by atoms with van der Waals surface area (Å²) in [5.41, 5.74) is 0.0342. The monoisotopic (exact) mass is 333 g/mol. The summed E-state index contributed by atoms with van der Waals surface area (Å²) in [5, 5.41) is -2.23. The lowest BCUT2D eigenvalue weighted by Crippen LogP contribution is -2.58. The Bertz CT molecular complexity index is 627. The van der Waals surface area contributed by atoms with Gasteiger partial charge in [0.1, 0.15) is 0 Å². The maximum Gasteiger partial charge on any atom is 0.426 e. The predicted molar refractivity (Wildman–Crippen MR) is 63.4 cm³/mol. The van der Waals surface area contributed by atoms with E-state index in [4.69, 9.17) is 0 Å². The lowest BCUT2D eigenvalue weighted by molar-refractivity contribution is -0.258. The molecular formula is C11H9F6NO2S. The van der Waals surface area contributed by atoms with E-state index >= 15 is 0 Å². The molecule has 0 aliphatic heterocycles. The number of rotatable bonds is 5. The van der Waals surface area contributed by atoms with Crippen molar-refractivity contribution in [3.8, 4) is 0 Å². The second kappa shape index (κ2) is 5.34. The second-order valence-electron chi connectivity index (χ2n) is 4.00. The minimum atomic E-state index is -6.22. The van der Waals surface area contributed by atoms with Crippen LogP contribution in [0.5, 0.6) is 0 Å². The average molecular weight is 333 g/mol. The molecule has 0 heterocycles. The van der Waals surface area contributed by atoms with E-state index in [1.54, 1.807) is 0 Å². The molecule has 0 fully saturated rings. The van der Waals surface area contributed by atoms with Gasteiger partial charge >= 0.3 is 17.1 Å². The van der Waals surface area contributed by atoms with Gasteiger partial charge in [0.15, 0.2) is 0 Å². The van der Waals surface area contributed by atoms with Gasteiger partial charge in [-0.15, -0.1) is 0 Å². The third-order valence-corrected chi connectivity index (χ3v) is 3.40. The van der Waals surface area contributed by atoms with Crippen molar-refractivity contribution in [1.29, 1.82) is 0 Å². The third kappa shape index (κ3) is 3.21. The molecule has 0 bridgehead atoms. The van der Waals surface area contributed by atoms with Gasteiger partial charge in [-0.05, 0) is 11.6 Å². The van der Waals surface area contributed by atoms with Gasteiger partial charge in [-0.3, -0.25) is 0 Å². The highest BCUT2D eigenvalue weighted by Crippen LogP contribution is 2.48. The average Bonchev–Trinajstić information content (AvgIpc) is 2.36. The molecule has 0 saturated heterocycles. The molecule has 0 aliphatic rings. The zero-order valence-electron chi connectivity index (χ0n) is 10.1. The molecule has 1 rings (SSSR count). The Hall–Kier alpha value is -1.55. The Kier molecular flexibility index (Phi) is 4.45. The number of nitrogens with two attached hydrogens (primary N) is 1. The van der Waals surface area contributed by atoms with E-state index in [-0.39, 0.29) is 5.56 Å². The minimum Gasteiger partial charge on any atom is -0.223 e. The molecule has 0 aromatic heterocycles. The van der Waals surface area contributed by atoms with E-state index in [9.17, 15) is 34.8 Å². The van der Waals surface area contributed by atoms with E-state index in [0.717, 1.165) is 0 Å². The molecule has 1 aromatic rings. The van der Waals surface area contributed by atoms with Gasteiger partial charge in [0.05, 0.1) is 0 Å². The molecule has 0 atom stereocenters. The van der Waals surface area contributed by atoms with Crippen molar-refractivity contribution in [2.75, 3.05) is 0 Å². The van der Waals surface area contributed by atoms with Gasteiger partial charge < -0.3 is 0 Å². The van der Waals surface area contributed by atoms with Gasteiger partial charge in [-0.1, -0.05) is 36.4 Å². The second-order valence-corrected chi connectivity index (χ2v) is 5.61. The van der Waals surface area contributed by atoms with Crippen molar-refractivity contribution in [3.05, 3.63) is 42.0 Å². The molecule has 118 valence electrons. The Labute approximate surface area is 116 Å². The third-order valence-electron chi connectivity index (χ3n) is 2.43. The van der Waals surface area contributed by atoms with Crippen LogP contribution in [-0.4, -0.2) is 25.5 Å². The largest absolute Gasteiger partial charge is 0.426 e. The molecule has 0 saturated carbocycles. The van der Waals surface area contributed by atoms with Crippen LogP contribution in [0.3, 0.4) is 0 Å². The van der Waals surface area contributed by atoms with E-state index < -0.39 is 33.2 Å². The van der Waals surface area contributed by atoms with Crippen LogP contribution in [0.2, 0.25) is 0 Å². The molecule has 2 N–H and O–H groups in total. The molecule has 10 heteroatoms. The number of sulfonamides is 1. The zero-order valence-corrected chi connectivity index (χ0v) is 10.9. The molecule has 3 nitrogen and oxygen atoms in total. The first-order valence-electron chi connectivity index (χ1n) is 5.23. The van der Waals surface area contributed by atoms with Crippen LogP contribution in [0.1, 0.15) is 5.56 Å². The zero-order chi connectivity index (χ0) is 16.5. The number of benzene rings is 1. The van der Waals surface area contributed by atoms with Gasteiger partial charge in [0.2, 0.25) is 0 Å². The Morgan fingerprint density at radius 2 is 1.43 bits per heavy atom. The maximum atomic E-state index is 13.3. The highest BCUT2D eigenvalue weighted by molar-refractivity contribution is 7.90. The number of allylic oxidation sites excluding steroid dienone is 1. The topological polar surface area (TPSA) is 60.2 Å². The summed E-state index contributed by atoms with van der Waals surface area (Å²) in [6.07, 6.45) is -0.0332. The van der Waals surface area contributed by atoms with Gasteiger partial charge in [0.25, 0.3) is 10.0 Å². The van der Waals surface area contributed by atoms with E-state index in [0.29, 0.717) is 6.08 Å². The lowest BCUT2D eigenvalue weighted by Gasteiger charge is -2.29. The summed E-state index contributed by atoms with van der Waals surface area (Å²) < 4.78 is 99.6. The number of hydrogen-bond donors (Lipinski definition) is 1. The smallest absolute Gasteiger partial charge is 0.223 e. The van der Waals surface area contributed by atoms with Crippen molar-refractivity contribution in [1.82, 2.24) is 0 Å². The number of alkyl halides is 6. The SMILES string of the molecule is NS(=O)(=O)C(F)(F)C(F)(F)C(F)(F)/C=C/c1ccccc1. The van der Waals surface area contributed by atoms with Crippen molar-refractivity contribution in [2.24, 2.45) is 5.14 Å². The molecule has 1 aromatic carbocycles. The molecule has 0 spiro atoms. The summed E-state index contributed by atoms with van der Waals surface area (Å²) in [5.74, 6) is -11.6. The number of halogens is 6. The number of primary sulfonamides is 1. The first-order valence-corrected chi connectivity index (χ1v) is 6.77. The Balaban J connectivity index is 3.20. The standard InChI is InChI=1S/C11H9F6NO2S/c12-9(13,7-6-8-4-2-1-3-5-8)10(14,15)11(16,17)21(18,19)20/h1-7H,(H2,18,19,20)/b7-6+. The molecular weight excluding hydrogens is 324 g/mol. The van der Waals surface area contributed by atoms with Crippen LogP contribution in [0.25, 0.3) is 6.08 Å². The first-order chi connectivity index (χ1) is 9.33. The van der Waals surface area contributed by atoms with Gasteiger partial charge in [0, 0.05) is 0 Å². The molecule has 0 unspecified atom stereocenters. The number of hydrogen-bond acceptors (Lipinski definition) is 2. The van der Waals surface area contributed by atoms with Crippen LogP contribution < -0.4 is 5.14 Å². The Morgan fingerprint density at radius 3 is 1.86 bits per heavy atom. The molecule has 0 amide bonds. The van der Waals surface area contributed by atoms with Crippen LogP contribution in [0.4, 0.5) is 26.3 Å². The van der Waals surface area contributed by atoms with Crippen molar-refractivity contribution >= 4 is 16.1 Å². The van der Waals surface area contributed by atoms with E-state index in [1.165, 1.54) is 30.3 Å². The fourth-order valence-electron chi connectivity index (χ4n) is 1.24. The van der Waals surface area contributed by atoms with Gasteiger partial charge in [-0.25, -0.2) is 13.6 Å². The van der Waals surface area contributed by atoms with Crippen molar-refractivity contribution in [2.45, 2.75) is 17.1 Å². The molecule has 0 aliphatic carbocycles. The highest BCUT2D eigenvalue weighted by Gasteiger charge is 2.75. The summed E-state index contributed by atoms with van der Waals surface area (Å²) >= 11 is 0. The van der Waals surface area contributed by atoms with E-state index in [1.807, 2.05) is 0 Å². The fourth-order valence-corrected chi connectivity index (χ4v) is 1.74. The van der Waals surface area contributed by atoms with Crippen LogP contribution in [0, 0.1) is 0 Å². The summed E-state index contributed by atoms with van der Waals surface area (Å²) in [4.78, 5) is 0. The normalized spacial score (nSPS) is 14.6. The minimum absolute atomic E-state index is 0.0342. The predicted octanol–water partition coefficient (Wildman–Crippen LogP) is 2.85. The molecule has 0 radical (unpaired) electrons. The summed E-state index contributed by atoms with van der Waals surface area (Å²) in [7, 11) is -6.22. The summed E-state index contributed by atoms with van der Waals surface area (Å²) in [6.45, 7) is 0. The quantitative estimate of drug-likeness (QED) is 0.843. The van der Waals surface area contributed by atoms with Crippen LogP contribution in [0.15, 0.2) is 36.4 Å². The lowest BCUT2D eigenvalue weighted by atomic mass is 10.1. The highest BCUT2D eigenvalue weighted by atomic mass is 32.2. The van der Waals surface area contributed by atoms with Crippen LogP contribution >= 0.6 is 0 Å². The fraction of sp³-hybridized carbons (Fsp3) is 0.273. The van der Waals surface area contributed by atoms with E-state index in [2.05, 4.69) is 5.14 Å². The van der Waals surface area contributed by atoms with Gasteiger partial charge in [-0.2, -0.15) is 26.3 Å². The Morgan fingerprint density at radius 1 is 0.952 bits per heavy atom.